The van der Waals surface area contributed by atoms with Crippen LogP contribution in [0, 0.1) is 6.92 Å². The monoisotopic (exact) mass is 301 g/mol. The molecule has 112 valence electrons. The minimum Gasteiger partial charge on any atom is -0.381 e. The minimum absolute atomic E-state index is 0.828. The Hall–Kier alpha value is -1.42. The molecule has 1 saturated carbocycles. The van der Waals surface area contributed by atoms with Gasteiger partial charge in [-0.05, 0) is 44.0 Å². The van der Waals surface area contributed by atoms with E-state index in [4.69, 9.17) is 0 Å². The molecule has 0 atom stereocenters. The van der Waals surface area contributed by atoms with Crippen molar-refractivity contribution in [1.82, 2.24) is 9.78 Å². The lowest BCUT2D eigenvalue weighted by Gasteiger charge is -2.10. The van der Waals surface area contributed by atoms with E-state index in [0.29, 0.717) is 0 Å². The molecule has 2 aromatic rings. The second-order valence-corrected chi connectivity index (χ2v) is 7.15. The molecule has 1 fully saturated rings. The van der Waals surface area contributed by atoms with E-state index in [1.165, 1.54) is 47.5 Å². The SMILES string of the molecule is Cc1c(CNc2ccc(SC3CCCC3)cc2)cnn1C. The van der Waals surface area contributed by atoms with Crippen LogP contribution < -0.4 is 5.32 Å². The fourth-order valence-corrected chi connectivity index (χ4v) is 4.01. The Morgan fingerprint density at radius 2 is 1.95 bits per heavy atom. The van der Waals surface area contributed by atoms with E-state index in [1.807, 2.05) is 29.7 Å². The predicted molar refractivity (Wildman–Crippen MR) is 89.8 cm³/mol. The van der Waals surface area contributed by atoms with Crippen LogP contribution in [-0.4, -0.2) is 15.0 Å². The maximum Gasteiger partial charge on any atom is 0.0542 e. The van der Waals surface area contributed by atoms with E-state index in [2.05, 4.69) is 41.6 Å². The molecule has 21 heavy (non-hydrogen) atoms. The molecular weight excluding hydrogens is 278 g/mol. The molecule has 1 aromatic carbocycles. The summed E-state index contributed by atoms with van der Waals surface area (Å²) in [6, 6.07) is 8.84. The van der Waals surface area contributed by atoms with Gasteiger partial charge in [0.15, 0.2) is 0 Å². The Bertz CT molecular complexity index is 583. The van der Waals surface area contributed by atoms with Crippen molar-refractivity contribution < 1.29 is 0 Å². The summed E-state index contributed by atoms with van der Waals surface area (Å²) in [5.41, 5.74) is 3.65. The third-order valence-corrected chi connectivity index (χ3v) is 5.63. The van der Waals surface area contributed by atoms with Gasteiger partial charge in [0.05, 0.1) is 6.20 Å². The Morgan fingerprint density at radius 3 is 2.57 bits per heavy atom. The van der Waals surface area contributed by atoms with Crippen LogP contribution >= 0.6 is 11.8 Å². The third-order valence-electron chi connectivity index (χ3n) is 4.28. The highest BCUT2D eigenvalue weighted by Gasteiger charge is 2.15. The highest BCUT2D eigenvalue weighted by Crippen LogP contribution is 2.34. The van der Waals surface area contributed by atoms with Gasteiger partial charge < -0.3 is 5.32 Å². The maximum absolute atomic E-state index is 4.27. The molecule has 1 aromatic heterocycles. The molecule has 0 spiro atoms. The first-order chi connectivity index (χ1) is 10.2. The summed E-state index contributed by atoms with van der Waals surface area (Å²) in [7, 11) is 1.98. The summed E-state index contributed by atoms with van der Waals surface area (Å²) in [4.78, 5) is 1.39. The average molecular weight is 301 g/mol. The van der Waals surface area contributed by atoms with Crippen LogP contribution in [0.3, 0.4) is 0 Å². The smallest absolute Gasteiger partial charge is 0.0542 e. The van der Waals surface area contributed by atoms with Gasteiger partial charge in [-0.25, -0.2) is 0 Å². The first-order valence-corrected chi connectivity index (χ1v) is 8.58. The van der Waals surface area contributed by atoms with E-state index < -0.39 is 0 Å². The summed E-state index contributed by atoms with van der Waals surface area (Å²) in [6.07, 6.45) is 7.51. The molecule has 3 rings (SSSR count). The number of aromatic nitrogens is 2. The maximum atomic E-state index is 4.27. The zero-order valence-corrected chi connectivity index (χ0v) is 13.6. The van der Waals surface area contributed by atoms with Gasteiger partial charge in [0, 0.05) is 40.7 Å². The van der Waals surface area contributed by atoms with E-state index >= 15 is 0 Å². The van der Waals surface area contributed by atoms with Crippen molar-refractivity contribution in [3.63, 3.8) is 0 Å². The fourth-order valence-electron chi connectivity index (χ4n) is 2.77. The van der Waals surface area contributed by atoms with Gasteiger partial charge in [-0.15, -0.1) is 11.8 Å². The van der Waals surface area contributed by atoms with Crippen LogP contribution in [0.1, 0.15) is 36.9 Å². The van der Waals surface area contributed by atoms with E-state index in [-0.39, 0.29) is 0 Å². The zero-order valence-electron chi connectivity index (χ0n) is 12.8. The fraction of sp³-hybridized carbons (Fsp3) is 0.471. The van der Waals surface area contributed by atoms with E-state index in [9.17, 15) is 0 Å². The van der Waals surface area contributed by atoms with Crippen molar-refractivity contribution in [1.29, 1.82) is 0 Å². The van der Waals surface area contributed by atoms with Crippen molar-refractivity contribution in [3.8, 4) is 0 Å². The summed E-state index contributed by atoms with van der Waals surface area (Å²) < 4.78 is 1.92. The van der Waals surface area contributed by atoms with Crippen molar-refractivity contribution in [3.05, 3.63) is 41.7 Å². The standard InChI is InChI=1S/C17H23N3S/c1-13-14(12-19-20(13)2)11-18-15-7-9-17(10-8-15)21-16-5-3-4-6-16/h7-10,12,16,18H,3-6,11H2,1-2H3. The molecule has 1 N–H and O–H groups in total. The first-order valence-electron chi connectivity index (χ1n) is 7.70. The first kappa shape index (κ1) is 14.5. The summed E-state index contributed by atoms with van der Waals surface area (Å²) in [5.74, 6) is 0. The van der Waals surface area contributed by atoms with Crippen LogP contribution in [0.25, 0.3) is 0 Å². The third kappa shape index (κ3) is 3.62. The molecule has 1 aliphatic rings. The lowest BCUT2D eigenvalue weighted by molar-refractivity contribution is 0.738. The van der Waals surface area contributed by atoms with Gasteiger partial charge >= 0.3 is 0 Å². The molecule has 0 saturated heterocycles. The summed E-state index contributed by atoms with van der Waals surface area (Å²) >= 11 is 2.04. The normalized spacial score (nSPS) is 15.5. The van der Waals surface area contributed by atoms with Crippen molar-refractivity contribution in [2.75, 3.05) is 5.32 Å². The molecule has 0 aliphatic heterocycles. The summed E-state index contributed by atoms with van der Waals surface area (Å²) in [6.45, 7) is 2.93. The number of thioether (sulfide) groups is 1. The topological polar surface area (TPSA) is 29.9 Å². The lowest BCUT2D eigenvalue weighted by Crippen LogP contribution is -2.01. The highest BCUT2D eigenvalue weighted by molar-refractivity contribution is 8.00. The number of aryl methyl sites for hydroxylation is 1. The van der Waals surface area contributed by atoms with Gasteiger partial charge in [-0.2, -0.15) is 5.10 Å². The summed E-state index contributed by atoms with van der Waals surface area (Å²) in [5, 5.41) is 8.58. The molecule has 1 aliphatic carbocycles. The van der Waals surface area contributed by atoms with Crippen LogP contribution in [-0.2, 0) is 13.6 Å². The van der Waals surface area contributed by atoms with Crippen LogP contribution in [0.4, 0.5) is 5.69 Å². The number of anilines is 1. The molecule has 0 amide bonds. The predicted octanol–water partition coefficient (Wildman–Crippen LogP) is 4.38. The minimum atomic E-state index is 0.828. The number of nitrogens with one attached hydrogen (secondary N) is 1. The lowest BCUT2D eigenvalue weighted by atomic mass is 10.2. The van der Waals surface area contributed by atoms with Crippen molar-refractivity contribution in [2.24, 2.45) is 7.05 Å². The zero-order chi connectivity index (χ0) is 14.7. The Balaban J connectivity index is 1.55. The van der Waals surface area contributed by atoms with E-state index in [1.54, 1.807) is 0 Å². The number of rotatable bonds is 5. The number of nitrogens with zero attached hydrogens (tertiary/aromatic N) is 2. The van der Waals surface area contributed by atoms with Crippen LogP contribution in [0.2, 0.25) is 0 Å². The Kier molecular flexibility index (Phi) is 4.54. The van der Waals surface area contributed by atoms with Gasteiger partial charge in [-0.3, -0.25) is 4.68 Å². The quantitative estimate of drug-likeness (QED) is 0.889. The molecule has 3 nitrogen and oxygen atoms in total. The second-order valence-electron chi connectivity index (χ2n) is 5.78. The number of hydrogen-bond donors (Lipinski definition) is 1. The van der Waals surface area contributed by atoms with Crippen molar-refractivity contribution >= 4 is 17.4 Å². The average Bonchev–Trinajstić information content (AvgIpc) is 3.11. The van der Waals surface area contributed by atoms with Gasteiger partial charge in [0.2, 0.25) is 0 Å². The molecule has 0 unspecified atom stereocenters. The van der Waals surface area contributed by atoms with Gasteiger partial charge in [0.25, 0.3) is 0 Å². The largest absolute Gasteiger partial charge is 0.381 e. The second kappa shape index (κ2) is 6.56. The molecular formula is C17H23N3S. The number of benzene rings is 1. The van der Waals surface area contributed by atoms with Gasteiger partial charge in [0.1, 0.15) is 0 Å². The molecule has 4 heteroatoms. The Labute approximate surface area is 131 Å². The van der Waals surface area contributed by atoms with Crippen LogP contribution in [0.15, 0.2) is 35.4 Å². The van der Waals surface area contributed by atoms with E-state index in [0.717, 1.165) is 11.8 Å². The van der Waals surface area contributed by atoms with Gasteiger partial charge in [-0.1, -0.05) is 12.8 Å². The number of hydrogen-bond acceptors (Lipinski definition) is 3. The molecule has 0 radical (unpaired) electrons. The highest BCUT2D eigenvalue weighted by atomic mass is 32.2. The molecule has 0 bridgehead atoms. The Morgan fingerprint density at radius 1 is 1.24 bits per heavy atom. The molecule has 1 heterocycles. The van der Waals surface area contributed by atoms with Crippen molar-refractivity contribution in [2.45, 2.75) is 49.3 Å². The van der Waals surface area contributed by atoms with Crippen LogP contribution in [0.5, 0.6) is 0 Å².